The van der Waals surface area contributed by atoms with Crippen LogP contribution in [-0.4, -0.2) is 72.5 Å². The highest BCUT2D eigenvalue weighted by molar-refractivity contribution is 5.87. The predicted octanol–water partition coefficient (Wildman–Crippen LogP) is 6.31. The van der Waals surface area contributed by atoms with E-state index in [1.807, 2.05) is 18.2 Å². The summed E-state index contributed by atoms with van der Waals surface area (Å²) in [6, 6.07) is 23.2. The van der Waals surface area contributed by atoms with Crippen LogP contribution < -0.4 is 14.4 Å². The van der Waals surface area contributed by atoms with Gasteiger partial charge in [-0.05, 0) is 99.0 Å². The summed E-state index contributed by atoms with van der Waals surface area (Å²) in [6.07, 6.45) is 4.51. The summed E-state index contributed by atoms with van der Waals surface area (Å²) < 4.78 is 12.5. The highest BCUT2D eigenvalue weighted by Gasteiger charge is 2.18. The van der Waals surface area contributed by atoms with Crippen LogP contribution in [0.15, 0.2) is 72.8 Å². The number of aliphatic carboxylic acids is 1. The van der Waals surface area contributed by atoms with Gasteiger partial charge in [-0.1, -0.05) is 30.3 Å². The number of unbranched alkanes of at least 4 members (excludes halogenated alkanes) is 1. The molecule has 1 aliphatic rings. The zero-order valence-electron chi connectivity index (χ0n) is 25.1. The van der Waals surface area contributed by atoms with E-state index in [1.54, 1.807) is 12.1 Å². The number of nitrogens with zero attached hydrogens (tertiary/aromatic N) is 2. The summed E-state index contributed by atoms with van der Waals surface area (Å²) in [5.41, 5.74) is 3.93. The van der Waals surface area contributed by atoms with E-state index in [1.165, 1.54) is 23.4 Å². The molecule has 0 aliphatic carbocycles. The molecule has 1 saturated heterocycles. The van der Waals surface area contributed by atoms with Crippen molar-refractivity contribution < 1.29 is 29.3 Å². The maximum atomic E-state index is 11.2. The van der Waals surface area contributed by atoms with Gasteiger partial charge in [0.15, 0.2) is 0 Å². The van der Waals surface area contributed by atoms with E-state index < -0.39 is 11.9 Å². The standard InChI is InChI=1S/C35H44N2O6/c1-27-8-6-10-30(26-27)37-23-21-36(22-24-37)20-7-25-42-33-12-4-2-9-28(33)14-17-31(11-3-5-13-34(38)39)43-32-18-15-29(16-19-32)35(40)41/h2,4,6,8-10,12,15-16,18-19,26,31H,3,5,7,11,13-14,17,20-25H2,1H3,(H,38,39)(H,40,41). The van der Waals surface area contributed by atoms with E-state index in [4.69, 9.17) is 14.6 Å². The molecule has 1 unspecified atom stereocenters. The summed E-state index contributed by atoms with van der Waals surface area (Å²) in [4.78, 5) is 27.1. The van der Waals surface area contributed by atoms with E-state index in [9.17, 15) is 14.7 Å². The number of anilines is 1. The number of carboxylic acids is 2. The maximum absolute atomic E-state index is 11.2. The molecule has 1 heterocycles. The molecule has 1 fully saturated rings. The van der Waals surface area contributed by atoms with Crippen LogP contribution in [-0.2, 0) is 11.2 Å². The summed E-state index contributed by atoms with van der Waals surface area (Å²) in [5.74, 6) is -0.272. The Hall–Kier alpha value is -4.04. The van der Waals surface area contributed by atoms with E-state index in [2.05, 4.69) is 47.1 Å². The average Bonchev–Trinajstić information content (AvgIpc) is 3.01. The number of carbonyl (C=O) groups is 2. The normalized spacial score (nSPS) is 14.3. The molecule has 8 nitrogen and oxygen atoms in total. The molecule has 1 aliphatic heterocycles. The fourth-order valence-electron chi connectivity index (χ4n) is 5.47. The van der Waals surface area contributed by atoms with Gasteiger partial charge in [-0.2, -0.15) is 0 Å². The van der Waals surface area contributed by atoms with Crippen molar-refractivity contribution in [2.75, 3.05) is 44.2 Å². The number of para-hydroxylation sites is 1. The molecule has 1 atom stereocenters. The molecule has 4 rings (SSSR count). The second-order valence-corrected chi connectivity index (χ2v) is 11.2. The van der Waals surface area contributed by atoms with Crippen LogP contribution in [0.25, 0.3) is 0 Å². The van der Waals surface area contributed by atoms with Gasteiger partial charge < -0.3 is 24.6 Å². The number of piperazine rings is 1. The second kappa shape index (κ2) is 16.6. The fraction of sp³-hybridized carbons (Fsp3) is 0.429. The monoisotopic (exact) mass is 588 g/mol. The predicted molar refractivity (Wildman–Crippen MR) is 169 cm³/mol. The summed E-state index contributed by atoms with van der Waals surface area (Å²) in [6.45, 7) is 7.98. The van der Waals surface area contributed by atoms with Crippen LogP contribution in [0.3, 0.4) is 0 Å². The third-order valence-electron chi connectivity index (χ3n) is 7.89. The van der Waals surface area contributed by atoms with Gasteiger partial charge in [0.2, 0.25) is 0 Å². The molecule has 0 amide bonds. The maximum Gasteiger partial charge on any atom is 0.335 e. The minimum Gasteiger partial charge on any atom is -0.493 e. The number of carboxylic acid groups (broad SMARTS) is 2. The van der Waals surface area contributed by atoms with Crippen LogP contribution in [0.5, 0.6) is 11.5 Å². The van der Waals surface area contributed by atoms with E-state index >= 15 is 0 Å². The molecule has 0 bridgehead atoms. The summed E-state index contributed by atoms with van der Waals surface area (Å²) >= 11 is 0. The molecule has 3 aromatic carbocycles. The smallest absolute Gasteiger partial charge is 0.335 e. The van der Waals surface area contributed by atoms with Crippen molar-refractivity contribution in [1.29, 1.82) is 0 Å². The first-order valence-electron chi connectivity index (χ1n) is 15.3. The first kappa shape index (κ1) is 31.9. The van der Waals surface area contributed by atoms with Gasteiger partial charge in [0.05, 0.1) is 18.3 Å². The minimum atomic E-state index is -0.978. The van der Waals surface area contributed by atoms with Gasteiger partial charge in [0, 0.05) is 44.8 Å². The second-order valence-electron chi connectivity index (χ2n) is 11.2. The van der Waals surface area contributed by atoms with Crippen molar-refractivity contribution in [3.05, 3.63) is 89.5 Å². The SMILES string of the molecule is Cc1cccc(N2CCN(CCCOc3ccccc3CCC(CCCCC(=O)O)Oc3ccc(C(=O)O)cc3)CC2)c1. The van der Waals surface area contributed by atoms with Gasteiger partial charge in [0.1, 0.15) is 11.5 Å². The van der Waals surface area contributed by atoms with Gasteiger partial charge in [-0.25, -0.2) is 4.79 Å². The highest BCUT2D eigenvalue weighted by atomic mass is 16.5. The van der Waals surface area contributed by atoms with E-state index in [0.29, 0.717) is 25.2 Å². The van der Waals surface area contributed by atoms with E-state index in [-0.39, 0.29) is 18.1 Å². The summed E-state index contributed by atoms with van der Waals surface area (Å²) in [7, 11) is 0. The number of benzene rings is 3. The van der Waals surface area contributed by atoms with Crippen LogP contribution >= 0.6 is 0 Å². The number of aryl methyl sites for hydroxylation is 2. The van der Waals surface area contributed by atoms with Crippen molar-refractivity contribution in [2.45, 2.75) is 58.0 Å². The third kappa shape index (κ3) is 10.6. The van der Waals surface area contributed by atoms with Crippen LogP contribution in [0.1, 0.15) is 60.0 Å². The van der Waals surface area contributed by atoms with Gasteiger partial charge >= 0.3 is 11.9 Å². The largest absolute Gasteiger partial charge is 0.493 e. The van der Waals surface area contributed by atoms with Crippen LogP contribution in [0.2, 0.25) is 0 Å². The van der Waals surface area contributed by atoms with Gasteiger partial charge in [-0.3, -0.25) is 9.69 Å². The molecule has 43 heavy (non-hydrogen) atoms. The Balaban J connectivity index is 1.24. The lowest BCUT2D eigenvalue weighted by Crippen LogP contribution is -2.46. The molecule has 0 saturated carbocycles. The van der Waals surface area contributed by atoms with Crippen molar-refractivity contribution in [3.8, 4) is 11.5 Å². The Bertz CT molecular complexity index is 1300. The minimum absolute atomic E-state index is 0.129. The molecule has 2 N–H and O–H groups in total. The third-order valence-corrected chi connectivity index (χ3v) is 7.89. The number of hydrogen-bond acceptors (Lipinski definition) is 6. The lowest BCUT2D eigenvalue weighted by molar-refractivity contribution is -0.137. The number of aromatic carboxylic acids is 1. The van der Waals surface area contributed by atoms with E-state index in [0.717, 1.165) is 69.7 Å². The molecular formula is C35H44N2O6. The molecular weight excluding hydrogens is 544 g/mol. The lowest BCUT2D eigenvalue weighted by atomic mass is 10.0. The molecule has 0 spiro atoms. The van der Waals surface area contributed by atoms with Crippen molar-refractivity contribution in [3.63, 3.8) is 0 Å². The first-order valence-corrected chi connectivity index (χ1v) is 15.3. The molecule has 230 valence electrons. The first-order chi connectivity index (χ1) is 20.9. The van der Waals surface area contributed by atoms with Gasteiger partial charge in [0.25, 0.3) is 0 Å². The lowest BCUT2D eigenvalue weighted by Gasteiger charge is -2.36. The number of ether oxygens (including phenoxy) is 2. The molecule has 0 radical (unpaired) electrons. The van der Waals surface area contributed by atoms with Gasteiger partial charge in [-0.15, -0.1) is 0 Å². The summed E-state index contributed by atoms with van der Waals surface area (Å²) in [5, 5.41) is 18.2. The van der Waals surface area contributed by atoms with Crippen molar-refractivity contribution in [1.82, 2.24) is 4.90 Å². The Morgan fingerprint density at radius 2 is 1.63 bits per heavy atom. The molecule has 8 heteroatoms. The number of rotatable bonds is 17. The Morgan fingerprint density at radius 1 is 0.860 bits per heavy atom. The fourth-order valence-corrected chi connectivity index (χ4v) is 5.47. The Kier molecular flexibility index (Phi) is 12.3. The van der Waals surface area contributed by atoms with Crippen LogP contribution in [0, 0.1) is 6.92 Å². The topological polar surface area (TPSA) is 99.5 Å². The zero-order valence-corrected chi connectivity index (χ0v) is 25.1. The quantitative estimate of drug-likeness (QED) is 0.177. The Morgan fingerprint density at radius 3 is 2.35 bits per heavy atom. The average molecular weight is 589 g/mol. The number of hydrogen-bond donors (Lipinski definition) is 2. The van der Waals surface area contributed by atoms with Crippen molar-refractivity contribution in [2.24, 2.45) is 0 Å². The van der Waals surface area contributed by atoms with Crippen LogP contribution in [0.4, 0.5) is 5.69 Å². The molecule has 0 aromatic heterocycles. The Labute approximate surface area is 254 Å². The van der Waals surface area contributed by atoms with Crippen molar-refractivity contribution >= 4 is 17.6 Å². The highest BCUT2D eigenvalue weighted by Crippen LogP contribution is 2.24. The molecule has 3 aromatic rings. The zero-order chi connectivity index (χ0) is 30.4.